The number of carbonyl (C=O) groups excluding carboxylic acids is 2. The second-order valence-electron chi connectivity index (χ2n) is 8.65. The lowest BCUT2D eigenvalue weighted by Crippen LogP contribution is -2.35. The van der Waals surface area contributed by atoms with Gasteiger partial charge in [0.25, 0.3) is 11.7 Å². The zero-order chi connectivity index (χ0) is 24.9. The number of aliphatic hydroxyl groups excluding tert-OH is 1. The highest BCUT2D eigenvalue weighted by atomic mass is 35.5. The highest BCUT2D eigenvalue weighted by Gasteiger charge is 2.45. The van der Waals surface area contributed by atoms with Crippen molar-refractivity contribution in [2.24, 2.45) is 0 Å². The molecule has 6 nitrogen and oxygen atoms in total. The van der Waals surface area contributed by atoms with Gasteiger partial charge in [0.05, 0.1) is 11.6 Å². The second-order valence-corrected chi connectivity index (χ2v) is 9.09. The van der Waals surface area contributed by atoms with E-state index in [1.807, 2.05) is 73.6 Å². The van der Waals surface area contributed by atoms with Crippen LogP contribution in [0.2, 0.25) is 5.02 Å². The molecule has 1 aliphatic heterocycles. The van der Waals surface area contributed by atoms with Crippen LogP contribution in [0.15, 0.2) is 84.4 Å². The summed E-state index contributed by atoms with van der Waals surface area (Å²) in [5.41, 5.74) is 2.19. The molecular weight excluding hydrogens is 464 g/mol. The lowest BCUT2D eigenvalue weighted by atomic mass is 9.95. The molecule has 3 aromatic rings. The van der Waals surface area contributed by atoms with Crippen LogP contribution in [0.1, 0.15) is 22.7 Å². The molecule has 4 rings (SSSR count). The number of likely N-dealkylation sites (tertiary alicyclic amines) is 1. The number of rotatable bonds is 8. The van der Waals surface area contributed by atoms with Gasteiger partial charge in [0, 0.05) is 23.7 Å². The number of carbonyl (C=O) groups is 2. The predicted octanol–water partition coefficient (Wildman–Crippen LogP) is 4.90. The molecule has 180 valence electrons. The average molecular weight is 491 g/mol. The van der Waals surface area contributed by atoms with E-state index in [4.69, 9.17) is 16.3 Å². The Morgan fingerprint density at radius 1 is 1.00 bits per heavy atom. The van der Waals surface area contributed by atoms with E-state index in [-0.39, 0.29) is 11.3 Å². The van der Waals surface area contributed by atoms with E-state index < -0.39 is 17.7 Å². The number of amides is 1. The predicted molar refractivity (Wildman–Crippen MR) is 136 cm³/mol. The molecule has 1 unspecified atom stereocenters. The zero-order valence-corrected chi connectivity index (χ0v) is 20.4. The van der Waals surface area contributed by atoms with Crippen LogP contribution < -0.4 is 4.74 Å². The van der Waals surface area contributed by atoms with Crippen LogP contribution in [0.25, 0.3) is 5.76 Å². The van der Waals surface area contributed by atoms with Gasteiger partial charge in [-0.3, -0.25) is 9.59 Å². The molecule has 3 aromatic carbocycles. The normalized spacial score (nSPS) is 17.3. The number of Topliss-reactive ketones (excluding diaryl/α,β-unsaturated/α-hetero) is 1. The smallest absolute Gasteiger partial charge is 0.295 e. The third kappa shape index (κ3) is 5.56. The fourth-order valence-corrected chi connectivity index (χ4v) is 4.23. The number of likely N-dealkylation sites (N-methyl/N-ethyl adjacent to an activating group) is 1. The van der Waals surface area contributed by atoms with E-state index in [9.17, 15) is 14.7 Å². The van der Waals surface area contributed by atoms with Crippen LogP contribution in [0.3, 0.4) is 0 Å². The molecule has 1 saturated heterocycles. The molecule has 1 fully saturated rings. The summed E-state index contributed by atoms with van der Waals surface area (Å²) in [7, 11) is 3.80. The number of nitrogens with zero attached hydrogens (tertiary/aromatic N) is 2. The average Bonchev–Trinajstić information content (AvgIpc) is 3.11. The second kappa shape index (κ2) is 10.8. The molecule has 35 heavy (non-hydrogen) atoms. The number of hydrogen-bond acceptors (Lipinski definition) is 5. The lowest BCUT2D eigenvalue weighted by molar-refractivity contribution is -0.140. The summed E-state index contributed by atoms with van der Waals surface area (Å²) in [6.45, 7) is 1.33. The molecule has 0 saturated carbocycles. The first kappa shape index (κ1) is 24.5. The highest BCUT2D eigenvalue weighted by molar-refractivity contribution is 6.46. The number of benzene rings is 3. The SMILES string of the molecule is CN(C)CCN1C(=O)C(=O)/C(=C(\O)c2cccc(Cl)c2)C1c1ccc(OCc2ccccc2)cc1. The van der Waals surface area contributed by atoms with Crippen molar-refractivity contribution in [1.29, 1.82) is 0 Å². The maximum Gasteiger partial charge on any atom is 0.295 e. The Morgan fingerprint density at radius 2 is 1.71 bits per heavy atom. The number of aliphatic hydroxyl groups is 1. The fraction of sp³-hybridized carbons (Fsp3) is 0.214. The van der Waals surface area contributed by atoms with Gasteiger partial charge >= 0.3 is 0 Å². The first-order valence-electron chi connectivity index (χ1n) is 11.3. The number of hydrogen-bond donors (Lipinski definition) is 1. The lowest BCUT2D eigenvalue weighted by Gasteiger charge is -2.26. The monoisotopic (exact) mass is 490 g/mol. The summed E-state index contributed by atoms with van der Waals surface area (Å²) in [4.78, 5) is 29.5. The molecule has 1 aliphatic rings. The Hall–Kier alpha value is -3.61. The van der Waals surface area contributed by atoms with Crippen molar-refractivity contribution in [3.63, 3.8) is 0 Å². The number of halogens is 1. The van der Waals surface area contributed by atoms with E-state index in [1.54, 1.807) is 24.3 Å². The zero-order valence-electron chi connectivity index (χ0n) is 19.6. The maximum absolute atomic E-state index is 13.1. The van der Waals surface area contributed by atoms with Gasteiger partial charge < -0.3 is 19.6 Å². The van der Waals surface area contributed by atoms with E-state index in [2.05, 4.69) is 0 Å². The topological polar surface area (TPSA) is 70.1 Å². The van der Waals surface area contributed by atoms with Gasteiger partial charge in [-0.05, 0) is 49.5 Å². The summed E-state index contributed by atoms with van der Waals surface area (Å²) >= 11 is 6.10. The Labute approximate surface area is 210 Å². The number of ether oxygens (including phenoxy) is 1. The Morgan fingerprint density at radius 3 is 2.37 bits per heavy atom. The van der Waals surface area contributed by atoms with Crippen molar-refractivity contribution < 1.29 is 19.4 Å². The summed E-state index contributed by atoms with van der Waals surface area (Å²) in [6, 6.07) is 23.0. The Balaban J connectivity index is 1.68. The van der Waals surface area contributed by atoms with Gasteiger partial charge in [-0.15, -0.1) is 0 Å². The van der Waals surface area contributed by atoms with Crippen molar-refractivity contribution in [2.45, 2.75) is 12.6 Å². The van der Waals surface area contributed by atoms with E-state index in [0.717, 1.165) is 5.56 Å². The third-order valence-electron chi connectivity index (χ3n) is 5.87. The summed E-state index contributed by atoms with van der Waals surface area (Å²) in [5, 5.41) is 11.5. The molecule has 0 radical (unpaired) electrons. The maximum atomic E-state index is 13.1. The summed E-state index contributed by atoms with van der Waals surface area (Å²) in [6.07, 6.45) is 0. The van der Waals surface area contributed by atoms with Crippen molar-refractivity contribution in [2.75, 3.05) is 27.2 Å². The van der Waals surface area contributed by atoms with Gasteiger partial charge in [-0.1, -0.05) is 66.2 Å². The van der Waals surface area contributed by atoms with E-state index in [0.29, 0.717) is 41.6 Å². The fourth-order valence-electron chi connectivity index (χ4n) is 4.04. The van der Waals surface area contributed by atoms with Gasteiger partial charge in [-0.2, -0.15) is 0 Å². The van der Waals surface area contributed by atoms with Crippen molar-refractivity contribution in [3.05, 3.63) is 106 Å². The van der Waals surface area contributed by atoms with Gasteiger partial charge in [0.1, 0.15) is 18.1 Å². The van der Waals surface area contributed by atoms with E-state index in [1.165, 1.54) is 4.90 Å². The van der Waals surface area contributed by atoms with Gasteiger partial charge in [0.2, 0.25) is 0 Å². The summed E-state index contributed by atoms with van der Waals surface area (Å²) in [5.74, 6) is -0.925. The third-order valence-corrected chi connectivity index (χ3v) is 6.11. The first-order valence-corrected chi connectivity index (χ1v) is 11.7. The molecule has 1 heterocycles. The van der Waals surface area contributed by atoms with E-state index >= 15 is 0 Å². The number of ketones is 1. The molecule has 0 aromatic heterocycles. The van der Waals surface area contributed by atoms with Crippen LogP contribution in [0, 0.1) is 0 Å². The quantitative estimate of drug-likeness (QED) is 0.276. The Kier molecular flexibility index (Phi) is 7.54. The Bertz CT molecular complexity index is 1240. The minimum atomic E-state index is -0.725. The first-order chi connectivity index (χ1) is 16.8. The van der Waals surface area contributed by atoms with Gasteiger partial charge in [0.15, 0.2) is 0 Å². The van der Waals surface area contributed by atoms with Crippen LogP contribution >= 0.6 is 11.6 Å². The van der Waals surface area contributed by atoms with Crippen molar-refractivity contribution in [1.82, 2.24) is 9.80 Å². The molecule has 1 atom stereocenters. The molecular formula is C28H27ClN2O4. The molecule has 0 aliphatic carbocycles. The molecule has 1 N–H and O–H groups in total. The minimum absolute atomic E-state index is 0.0500. The van der Waals surface area contributed by atoms with Crippen LogP contribution in [0.5, 0.6) is 5.75 Å². The molecule has 0 bridgehead atoms. The largest absolute Gasteiger partial charge is 0.507 e. The summed E-state index contributed by atoms with van der Waals surface area (Å²) < 4.78 is 5.88. The standard InChI is InChI=1S/C28H27ClN2O4/c1-30(2)15-16-31-25(20-11-13-23(14-12-20)35-18-19-7-4-3-5-8-19)24(27(33)28(31)34)26(32)21-9-6-10-22(29)17-21/h3-14,17,25,32H,15-16,18H2,1-2H3/b26-24-. The molecule has 7 heteroatoms. The molecule has 0 spiro atoms. The van der Waals surface area contributed by atoms with Gasteiger partial charge in [-0.25, -0.2) is 0 Å². The van der Waals surface area contributed by atoms with Crippen LogP contribution in [-0.2, 0) is 16.2 Å². The van der Waals surface area contributed by atoms with Crippen LogP contribution in [-0.4, -0.2) is 53.8 Å². The van der Waals surface area contributed by atoms with Crippen molar-refractivity contribution >= 4 is 29.1 Å². The minimum Gasteiger partial charge on any atom is -0.507 e. The molecule has 1 amide bonds. The van der Waals surface area contributed by atoms with Crippen LogP contribution in [0.4, 0.5) is 0 Å². The van der Waals surface area contributed by atoms with Crippen molar-refractivity contribution in [3.8, 4) is 5.75 Å². The highest BCUT2D eigenvalue weighted by Crippen LogP contribution is 2.40.